The Balaban J connectivity index is 1.43. The number of halogens is 1. The highest BCUT2D eigenvalue weighted by Gasteiger charge is 2.44. The number of aliphatic hydroxyl groups is 1. The normalized spacial score (nSPS) is 26.1. The van der Waals surface area contributed by atoms with E-state index in [9.17, 15) is 9.90 Å². The maximum Gasteiger partial charge on any atom is 0.224 e. The van der Waals surface area contributed by atoms with Gasteiger partial charge in [-0.05, 0) is 44.4 Å². The minimum absolute atomic E-state index is 0.0199. The molecule has 0 bridgehead atoms. The Bertz CT molecular complexity index is 970. The molecule has 2 aromatic carbocycles. The Labute approximate surface area is 208 Å². The molecular formula is C27H37ClN4O2. The first-order valence-corrected chi connectivity index (χ1v) is 12.7. The molecule has 7 heteroatoms. The number of nitrogens with zero attached hydrogens (tertiary/aromatic N) is 2. The van der Waals surface area contributed by atoms with Gasteiger partial charge in [0.25, 0.3) is 0 Å². The van der Waals surface area contributed by atoms with E-state index >= 15 is 0 Å². The van der Waals surface area contributed by atoms with Crippen molar-refractivity contribution in [2.24, 2.45) is 5.92 Å². The minimum atomic E-state index is -0.662. The lowest BCUT2D eigenvalue weighted by Gasteiger charge is -2.54. The predicted molar refractivity (Wildman–Crippen MR) is 138 cm³/mol. The van der Waals surface area contributed by atoms with Gasteiger partial charge in [-0.15, -0.1) is 0 Å². The van der Waals surface area contributed by atoms with Gasteiger partial charge < -0.3 is 20.6 Å². The molecule has 0 aromatic heterocycles. The van der Waals surface area contributed by atoms with Crippen LogP contribution in [0.1, 0.15) is 45.2 Å². The van der Waals surface area contributed by atoms with E-state index in [-0.39, 0.29) is 29.4 Å². The monoisotopic (exact) mass is 484 g/mol. The first-order chi connectivity index (χ1) is 16.3. The zero-order valence-corrected chi connectivity index (χ0v) is 21.1. The molecule has 0 radical (unpaired) electrons. The average Bonchev–Trinajstić information content (AvgIpc) is 2.84. The van der Waals surface area contributed by atoms with E-state index in [0.29, 0.717) is 24.7 Å². The number of carbonyl (C=O) groups is 1. The van der Waals surface area contributed by atoms with Crippen molar-refractivity contribution in [1.29, 1.82) is 0 Å². The van der Waals surface area contributed by atoms with Gasteiger partial charge in [-0.25, -0.2) is 0 Å². The first-order valence-electron chi connectivity index (χ1n) is 12.3. The topological polar surface area (TPSA) is 67.8 Å². The zero-order valence-electron chi connectivity index (χ0n) is 20.4. The second kappa shape index (κ2) is 10.6. The molecule has 2 aromatic rings. The number of benzene rings is 2. The van der Waals surface area contributed by atoms with Crippen molar-refractivity contribution in [3.63, 3.8) is 0 Å². The van der Waals surface area contributed by atoms with Crippen LogP contribution >= 0.6 is 11.6 Å². The number of rotatable bonds is 6. The van der Waals surface area contributed by atoms with Crippen molar-refractivity contribution in [3.05, 3.63) is 65.2 Å². The summed E-state index contributed by atoms with van der Waals surface area (Å²) in [7, 11) is 0. The molecule has 0 aliphatic carbocycles. The van der Waals surface area contributed by atoms with Gasteiger partial charge in [0.05, 0.1) is 22.7 Å². The van der Waals surface area contributed by atoms with Crippen LogP contribution < -0.4 is 15.5 Å². The third-order valence-corrected chi connectivity index (χ3v) is 7.60. The molecule has 1 amide bonds. The molecule has 0 saturated carbocycles. The van der Waals surface area contributed by atoms with Crippen LogP contribution in [0.5, 0.6) is 0 Å². The molecule has 2 saturated heterocycles. The summed E-state index contributed by atoms with van der Waals surface area (Å²) in [4.78, 5) is 17.6. The number of amides is 1. The third kappa shape index (κ3) is 5.41. The molecule has 3 N–H and O–H groups in total. The van der Waals surface area contributed by atoms with E-state index in [4.69, 9.17) is 11.6 Å². The lowest BCUT2D eigenvalue weighted by Crippen LogP contribution is -2.68. The summed E-state index contributed by atoms with van der Waals surface area (Å²) < 4.78 is 0. The molecule has 184 valence electrons. The molecule has 2 unspecified atom stereocenters. The smallest absolute Gasteiger partial charge is 0.224 e. The largest absolute Gasteiger partial charge is 0.372 e. The van der Waals surface area contributed by atoms with Crippen LogP contribution in [-0.2, 0) is 4.79 Å². The number of β-amino-alcohol motifs (C(OH)–C–C–N with tert-alkyl or cyclic N) is 1. The Morgan fingerprint density at radius 1 is 1.18 bits per heavy atom. The summed E-state index contributed by atoms with van der Waals surface area (Å²) in [6, 6.07) is 18.0. The second-order valence-electron chi connectivity index (χ2n) is 10.1. The summed E-state index contributed by atoms with van der Waals surface area (Å²) in [5, 5.41) is 18.5. The fraction of sp³-hybridized carbons (Fsp3) is 0.519. The van der Waals surface area contributed by atoms with E-state index in [1.54, 1.807) is 0 Å². The van der Waals surface area contributed by atoms with Gasteiger partial charge in [0.2, 0.25) is 5.91 Å². The number of carbonyl (C=O) groups excluding carboxylic acids is 1. The van der Waals surface area contributed by atoms with Crippen molar-refractivity contribution in [2.45, 2.75) is 57.5 Å². The highest BCUT2D eigenvalue weighted by Crippen LogP contribution is 2.35. The third-order valence-electron chi connectivity index (χ3n) is 7.28. The Morgan fingerprint density at radius 2 is 1.88 bits per heavy atom. The molecule has 2 fully saturated rings. The summed E-state index contributed by atoms with van der Waals surface area (Å²) in [6.45, 7) is 9.14. The molecular weight excluding hydrogens is 448 g/mol. The Morgan fingerprint density at radius 3 is 2.59 bits per heavy atom. The SMILES string of the molecule is CCC(NC(=O)[C@@H]1CNC[C@H](N2CC(O)N(c3ccccc3Cl)CC2(C)C)C1)c1ccccc1. The summed E-state index contributed by atoms with van der Waals surface area (Å²) in [5.74, 6) is -0.00739. The first kappa shape index (κ1) is 25.0. The number of piperazine rings is 1. The van der Waals surface area contributed by atoms with Crippen molar-refractivity contribution in [3.8, 4) is 0 Å². The van der Waals surface area contributed by atoms with Gasteiger partial charge in [0.15, 0.2) is 0 Å². The number of para-hydroxylation sites is 1. The van der Waals surface area contributed by atoms with Crippen LogP contribution in [-0.4, -0.2) is 59.9 Å². The quantitative estimate of drug-likeness (QED) is 0.582. The number of piperidine rings is 1. The molecule has 4 rings (SSSR count). The van der Waals surface area contributed by atoms with Crippen molar-refractivity contribution in [1.82, 2.24) is 15.5 Å². The summed E-state index contributed by atoms with van der Waals surface area (Å²) in [6.07, 6.45) is 0.958. The zero-order chi connectivity index (χ0) is 24.3. The maximum absolute atomic E-state index is 13.2. The van der Waals surface area contributed by atoms with E-state index in [1.807, 2.05) is 47.4 Å². The molecule has 2 aliphatic rings. The van der Waals surface area contributed by atoms with Gasteiger partial charge in [-0.2, -0.15) is 0 Å². The minimum Gasteiger partial charge on any atom is -0.372 e. The van der Waals surface area contributed by atoms with Crippen molar-refractivity contribution < 1.29 is 9.90 Å². The number of hydrogen-bond donors (Lipinski definition) is 3. The van der Waals surface area contributed by atoms with Crippen molar-refractivity contribution >= 4 is 23.2 Å². The number of hydrogen-bond acceptors (Lipinski definition) is 5. The van der Waals surface area contributed by atoms with Crippen LogP contribution in [0.15, 0.2) is 54.6 Å². The summed E-state index contributed by atoms with van der Waals surface area (Å²) >= 11 is 6.43. The molecule has 6 nitrogen and oxygen atoms in total. The Kier molecular flexibility index (Phi) is 7.83. The van der Waals surface area contributed by atoms with Crippen LogP contribution in [0.3, 0.4) is 0 Å². The lowest BCUT2D eigenvalue weighted by atomic mass is 9.88. The second-order valence-corrected chi connectivity index (χ2v) is 10.6. The fourth-order valence-corrected chi connectivity index (χ4v) is 5.71. The van der Waals surface area contributed by atoms with Crippen LogP contribution in [0.2, 0.25) is 5.02 Å². The molecule has 0 spiro atoms. The standard InChI is InChI=1S/C27H37ClN4O2/c1-4-23(19-10-6-5-7-11-19)30-26(34)20-14-21(16-29-15-20)32-17-25(33)31(18-27(32,2)3)24-13-9-8-12-22(24)28/h5-13,20-21,23,25,29,33H,4,14-18H2,1-3H3,(H,30,34)/t20-,21+,23?,25?/m0/s1. The van der Waals surface area contributed by atoms with Crippen molar-refractivity contribution in [2.75, 3.05) is 31.1 Å². The van der Waals surface area contributed by atoms with E-state index in [2.05, 4.69) is 48.4 Å². The lowest BCUT2D eigenvalue weighted by molar-refractivity contribution is -0.127. The van der Waals surface area contributed by atoms with Gasteiger partial charge >= 0.3 is 0 Å². The number of nitrogens with one attached hydrogen (secondary N) is 2. The fourth-order valence-electron chi connectivity index (χ4n) is 5.46. The van der Waals surface area contributed by atoms with Gasteiger partial charge in [-0.1, -0.05) is 61.0 Å². The van der Waals surface area contributed by atoms with Gasteiger partial charge in [-0.3, -0.25) is 9.69 Å². The van der Waals surface area contributed by atoms with E-state index < -0.39 is 6.23 Å². The average molecular weight is 485 g/mol. The summed E-state index contributed by atoms with van der Waals surface area (Å²) in [5.41, 5.74) is 1.80. The van der Waals surface area contributed by atoms with Crippen LogP contribution in [0, 0.1) is 5.92 Å². The van der Waals surface area contributed by atoms with Crippen LogP contribution in [0.4, 0.5) is 5.69 Å². The van der Waals surface area contributed by atoms with E-state index in [1.165, 1.54) is 0 Å². The molecule has 34 heavy (non-hydrogen) atoms. The van der Waals surface area contributed by atoms with E-state index in [0.717, 1.165) is 30.6 Å². The number of anilines is 1. The Hall–Kier alpha value is -2.12. The molecule has 4 atom stereocenters. The molecule has 2 aliphatic heterocycles. The maximum atomic E-state index is 13.2. The highest BCUT2D eigenvalue weighted by atomic mass is 35.5. The van der Waals surface area contributed by atoms with Gasteiger partial charge in [0, 0.05) is 37.8 Å². The molecule has 2 heterocycles. The van der Waals surface area contributed by atoms with Gasteiger partial charge in [0.1, 0.15) is 6.23 Å². The highest BCUT2D eigenvalue weighted by molar-refractivity contribution is 6.33. The predicted octanol–water partition coefficient (Wildman–Crippen LogP) is 3.80. The number of aliphatic hydroxyl groups excluding tert-OH is 1. The van der Waals surface area contributed by atoms with Crippen LogP contribution in [0.25, 0.3) is 0 Å².